The molecular formula is C39H53N5O10S. The molecule has 1 aromatic heterocycles. The van der Waals surface area contributed by atoms with Crippen LogP contribution < -0.4 is 19.9 Å². The van der Waals surface area contributed by atoms with Crippen LogP contribution in [0.2, 0.25) is 0 Å². The van der Waals surface area contributed by atoms with Gasteiger partial charge in [0.15, 0.2) is 0 Å². The number of aliphatic carboxylic acids is 1. The first-order valence-electron chi connectivity index (χ1n) is 19.1. The molecule has 3 saturated carbocycles. The normalized spacial score (nSPS) is 29.8. The second-order valence-electron chi connectivity index (χ2n) is 16.7. The largest absolute Gasteiger partial charge is 0.497 e. The fraction of sp³-hybridized carbons (Fsp3) is 0.641. The Hall–Kier alpha value is -4.31. The van der Waals surface area contributed by atoms with Crippen molar-refractivity contribution < 1.29 is 46.9 Å². The number of nitrogens with one attached hydrogen (secondary N) is 1. The van der Waals surface area contributed by atoms with E-state index >= 15 is 0 Å². The fourth-order valence-corrected chi connectivity index (χ4v) is 8.77. The third-order valence-electron chi connectivity index (χ3n) is 11.3. The average Bonchev–Trinajstić information content (AvgIpc) is 4.06. The number of carboxylic acid groups (broad SMARTS) is 1. The van der Waals surface area contributed by atoms with Gasteiger partial charge in [-0.15, -0.1) is 6.58 Å². The molecule has 5 aliphatic rings. The summed E-state index contributed by atoms with van der Waals surface area (Å²) >= 11 is 0. The van der Waals surface area contributed by atoms with Crippen LogP contribution >= 0.6 is 0 Å². The molecule has 0 radical (unpaired) electrons. The van der Waals surface area contributed by atoms with E-state index in [2.05, 4.69) is 6.58 Å². The van der Waals surface area contributed by atoms with Crippen LogP contribution in [0.3, 0.4) is 0 Å². The molecule has 0 spiro atoms. The molecule has 1 aromatic carbocycles. The zero-order valence-electron chi connectivity index (χ0n) is 32.0. The molecule has 7 rings (SSSR count). The number of sulfonamides is 1. The van der Waals surface area contributed by atoms with Crippen LogP contribution in [0.4, 0.5) is 0 Å². The molecule has 3 heterocycles. The minimum absolute atomic E-state index is 0.0813. The van der Waals surface area contributed by atoms with Gasteiger partial charge in [0.25, 0.3) is 5.91 Å². The van der Waals surface area contributed by atoms with E-state index in [0.29, 0.717) is 48.7 Å². The molecule has 2 aromatic rings. The lowest BCUT2D eigenvalue weighted by Crippen LogP contribution is -2.47. The summed E-state index contributed by atoms with van der Waals surface area (Å²) in [5.74, 6) is -1.92. The van der Waals surface area contributed by atoms with Crippen LogP contribution in [-0.4, -0.2) is 94.8 Å². The van der Waals surface area contributed by atoms with E-state index in [-0.39, 0.29) is 37.3 Å². The molecule has 4 N–H and O–H groups in total. The lowest BCUT2D eigenvalue weighted by atomic mass is 9.77. The Kier molecular flexibility index (Phi) is 11.5. The minimum Gasteiger partial charge on any atom is -0.497 e. The van der Waals surface area contributed by atoms with Gasteiger partial charge < -0.3 is 30.0 Å². The van der Waals surface area contributed by atoms with Gasteiger partial charge in [-0.25, -0.2) is 23.2 Å². The Bertz CT molecular complexity index is 1950. The number of carbonyl (C=O) groups is 4. The molecule has 0 unspecified atom stereocenters. The number of methoxy groups -OCH3 is 1. The molecule has 2 aliphatic heterocycles. The maximum Gasteiger partial charge on any atom is 0.326 e. The number of nitrogens with two attached hydrogens (primary N) is 1. The second-order valence-corrected chi connectivity index (χ2v) is 18.6. The average molecular weight is 784 g/mol. The van der Waals surface area contributed by atoms with Crippen LogP contribution in [0.15, 0.2) is 30.9 Å². The van der Waals surface area contributed by atoms with Gasteiger partial charge in [-0.3, -0.25) is 19.1 Å². The Morgan fingerprint density at radius 3 is 2.47 bits per heavy atom. The van der Waals surface area contributed by atoms with Crippen LogP contribution in [0.5, 0.6) is 11.6 Å². The maximum atomic E-state index is 13.8. The highest BCUT2D eigenvalue weighted by atomic mass is 32.2. The van der Waals surface area contributed by atoms with Crippen molar-refractivity contribution in [2.75, 3.05) is 13.7 Å². The topological polar surface area (TPSA) is 217 Å². The molecule has 300 valence electrons. The third kappa shape index (κ3) is 9.39. The number of hydrogen-bond acceptors (Lipinski definition) is 12. The standard InChI is InChI=1S/C30H39N3O7.C9H14N2O3S/c1-30(2,3)20-15-26(34)40-25-12-17(25)8-6-5-7-9-22-27(32-23-13-18(38-4)10-11-21(23)31-22)39-19-14-24(29(36)37)33(16-19)28(20)35;1-2-6-5-9(6,10)8(12)11-15(13,14)7-3-4-7/h10-11,13,17,19-20,24-25H,5-9,12,14-16H2,1-4H3,(H,36,37);2,6-7H,1,3-5,10H2,(H,11,12)/t17-,19-,20-,24+,25-;6-,9-/m11/s1. The van der Waals surface area contributed by atoms with E-state index in [1.54, 1.807) is 19.3 Å². The Balaban J connectivity index is 0.000000286. The van der Waals surface area contributed by atoms with Crippen molar-refractivity contribution in [1.82, 2.24) is 19.6 Å². The molecule has 15 nitrogen and oxygen atoms in total. The summed E-state index contributed by atoms with van der Waals surface area (Å²) in [6.45, 7) is 9.28. The molecule has 3 aliphatic carbocycles. The SMILES string of the molecule is C=C[C@@H]1C[C@]1(N)C(=O)NS(=O)(=O)C1CC1.COc1ccc2nc3c(nc2c1)O[C@@H]1C[C@@H](C(=O)O)N(C1)C(=O)[C@H](C(C)(C)C)CC(=O)O[C@@H]1C[C@H]1CCCCC3. The number of fused-ring (bicyclic) bond motifs is 5. The van der Waals surface area contributed by atoms with E-state index in [1.807, 2.05) is 37.6 Å². The predicted octanol–water partition coefficient (Wildman–Crippen LogP) is 3.67. The summed E-state index contributed by atoms with van der Waals surface area (Å²) < 4.78 is 42.4. The van der Waals surface area contributed by atoms with Crippen molar-refractivity contribution in [1.29, 1.82) is 0 Å². The summed E-state index contributed by atoms with van der Waals surface area (Å²) in [7, 11) is -1.89. The lowest BCUT2D eigenvalue weighted by molar-refractivity contribution is -0.156. The molecule has 2 amide bonds. The van der Waals surface area contributed by atoms with Crippen molar-refractivity contribution in [3.05, 3.63) is 36.5 Å². The van der Waals surface area contributed by atoms with Crippen LogP contribution in [0, 0.1) is 23.2 Å². The van der Waals surface area contributed by atoms with Gasteiger partial charge in [-0.1, -0.05) is 39.7 Å². The summed E-state index contributed by atoms with van der Waals surface area (Å²) in [6, 6.07) is 4.43. The number of carboxylic acids is 1. The van der Waals surface area contributed by atoms with Gasteiger partial charge in [-0.05, 0) is 68.4 Å². The molecule has 2 bridgehead atoms. The molecule has 4 fully saturated rings. The van der Waals surface area contributed by atoms with Crippen LogP contribution in [0.1, 0.15) is 90.7 Å². The first-order valence-corrected chi connectivity index (χ1v) is 20.7. The van der Waals surface area contributed by atoms with Crippen molar-refractivity contribution in [2.24, 2.45) is 28.9 Å². The number of esters is 1. The highest BCUT2D eigenvalue weighted by molar-refractivity contribution is 7.91. The van der Waals surface area contributed by atoms with Gasteiger partial charge in [-0.2, -0.15) is 0 Å². The molecular weight excluding hydrogens is 731 g/mol. The summed E-state index contributed by atoms with van der Waals surface area (Å²) in [5, 5.41) is 9.64. The third-order valence-corrected chi connectivity index (χ3v) is 13.1. The molecule has 16 heteroatoms. The molecule has 1 saturated heterocycles. The van der Waals surface area contributed by atoms with E-state index in [9.17, 15) is 32.7 Å². The zero-order chi connectivity index (χ0) is 39.9. The maximum absolute atomic E-state index is 13.8. The smallest absolute Gasteiger partial charge is 0.326 e. The minimum atomic E-state index is -3.47. The monoisotopic (exact) mass is 783 g/mol. The molecule has 55 heavy (non-hydrogen) atoms. The summed E-state index contributed by atoms with van der Waals surface area (Å²) in [5.41, 5.74) is 6.17. The number of nitrogens with zero attached hydrogens (tertiary/aromatic N) is 3. The van der Waals surface area contributed by atoms with E-state index in [4.69, 9.17) is 29.9 Å². The first kappa shape index (κ1) is 40.4. The number of carbonyl (C=O) groups excluding carboxylic acids is 3. The number of aryl methyl sites for hydroxylation is 1. The lowest BCUT2D eigenvalue weighted by Gasteiger charge is -2.33. The highest BCUT2D eigenvalue weighted by Crippen LogP contribution is 2.43. The summed E-state index contributed by atoms with van der Waals surface area (Å²) in [6.07, 6.45) is 8.10. The van der Waals surface area contributed by atoms with Gasteiger partial charge in [0, 0.05) is 18.4 Å². The Labute approximate surface area is 321 Å². The van der Waals surface area contributed by atoms with Gasteiger partial charge >= 0.3 is 11.9 Å². The second kappa shape index (κ2) is 15.7. The Morgan fingerprint density at radius 1 is 1.09 bits per heavy atom. The number of ether oxygens (including phenoxy) is 3. The van der Waals surface area contributed by atoms with Gasteiger partial charge in [0.2, 0.25) is 21.8 Å². The quantitative estimate of drug-likeness (QED) is 0.282. The highest BCUT2D eigenvalue weighted by Gasteiger charge is 2.57. The number of amides is 2. The van der Waals surface area contributed by atoms with Crippen LogP contribution in [0.25, 0.3) is 11.0 Å². The number of hydrogen-bond donors (Lipinski definition) is 3. The number of aromatic nitrogens is 2. The predicted molar refractivity (Wildman–Crippen MR) is 201 cm³/mol. The number of benzene rings is 1. The Morgan fingerprint density at radius 2 is 1.84 bits per heavy atom. The van der Waals surface area contributed by atoms with Gasteiger partial charge in [0.05, 0.1) is 42.3 Å². The van der Waals surface area contributed by atoms with Crippen molar-refractivity contribution in [2.45, 2.75) is 120 Å². The van der Waals surface area contributed by atoms with Crippen molar-refractivity contribution >= 4 is 44.8 Å². The number of rotatable bonds is 6. The van der Waals surface area contributed by atoms with E-state index in [1.165, 1.54) is 4.90 Å². The van der Waals surface area contributed by atoms with E-state index < -0.39 is 62.1 Å². The fourth-order valence-electron chi connectivity index (χ4n) is 7.39. The van der Waals surface area contributed by atoms with Crippen molar-refractivity contribution in [3.63, 3.8) is 0 Å². The summed E-state index contributed by atoms with van der Waals surface area (Å²) in [4.78, 5) is 61.5. The van der Waals surface area contributed by atoms with Gasteiger partial charge in [0.1, 0.15) is 35.2 Å². The molecule has 7 atom stereocenters. The van der Waals surface area contributed by atoms with Crippen LogP contribution in [-0.2, 0) is 40.4 Å². The first-order chi connectivity index (χ1) is 25.9. The van der Waals surface area contributed by atoms with Crippen molar-refractivity contribution in [3.8, 4) is 11.6 Å². The zero-order valence-corrected chi connectivity index (χ0v) is 32.8. The van der Waals surface area contributed by atoms with E-state index in [0.717, 1.165) is 43.3 Å².